The van der Waals surface area contributed by atoms with Gasteiger partial charge in [0.1, 0.15) is 11.9 Å². The van der Waals surface area contributed by atoms with Crippen molar-refractivity contribution in [1.82, 2.24) is 0 Å². The molecule has 0 amide bonds. The second-order valence-electron chi connectivity index (χ2n) is 7.38. The average molecular weight is 341 g/mol. The molecule has 1 aliphatic carbocycles. The Kier molecular flexibility index (Phi) is 4.26. The van der Waals surface area contributed by atoms with E-state index < -0.39 is 12.1 Å². The molecule has 2 aromatic rings. The van der Waals surface area contributed by atoms with Crippen molar-refractivity contribution in [2.45, 2.75) is 43.2 Å². The van der Waals surface area contributed by atoms with Gasteiger partial charge in [-0.2, -0.15) is 0 Å². The monoisotopic (exact) mass is 341 g/mol. The first-order valence-corrected chi connectivity index (χ1v) is 9.05. The van der Waals surface area contributed by atoms with Crippen molar-refractivity contribution in [2.24, 2.45) is 0 Å². The Morgan fingerprint density at radius 1 is 1.08 bits per heavy atom. The van der Waals surface area contributed by atoms with Gasteiger partial charge in [0.25, 0.3) is 0 Å². The van der Waals surface area contributed by atoms with E-state index in [-0.39, 0.29) is 17.8 Å². The topological polar surface area (TPSA) is 43.7 Å². The van der Waals surface area contributed by atoms with E-state index in [1.165, 1.54) is 30.5 Å². The molecule has 25 heavy (non-hydrogen) atoms. The van der Waals surface area contributed by atoms with Crippen molar-refractivity contribution in [3.05, 3.63) is 65.5 Å². The molecule has 1 fully saturated rings. The van der Waals surface area contributed by atoms with E-state index in [2.05, 4.69) is 23.1 Å². The molecule has 0 bridgehead atoms. The second-order valence-corrected chi connectivity index (χ2v) is 7.38. The summed E-state index contributed by atoms with van der Waals surface area (Å²) in [4.78, 5) is 2.18. The van der Waals surface area contributed by atoms with Gasteiger partial charge in [0.2, 0.25) is 0 Å². The zero-order chi connectivity index (χ0) is 17.4. The molecule has 0 aromatic heterocycles. The van der Waals surface area contributed by atoms with Crippen LogP contribution in [0.4, 0.5) is 10.1 Å². The smallest absolute Gasteiger partial charge is 0.123 e. The molecule has 2 aromatic carbocycles. The van der Waals surface area contributed by atoms with E-state index in [0.29, 0.717) is 5.56 Å². The molecule has 3 nitrogen and oxygen atoms in total. The largest absolute Gasteiger partial charge is 0.394 e. The molecule has 4 rings (SSSR count). The average Bonchev–Trinajstić information content (AvgIpc) is 3.22. The van der Waals surface area contributed by atoms with Crippen LogP contribution >= 0.6 is 0 Å². The highest BCUT2D eigenvalue weighted by molar-refractivity contribution is 5.64. The lowest BCUT2D eigenvalue weighted by molar-refractivity contribution is 0.0707. The second kappa shape index (κ2) is 6.43. The first-order chi connectivity index (χ1) is 12.1. The fourth-order valence-electron chi connectivity index (χ4n) is 4.80. The first-order valence-electron chi connectivity index (χ1n) is 9.05. The van der Waals surface area contributed by atoms with Gasteiger partial charge in [-0.15, -0.1) is 0 Å². The van der Waals surface area contributed by atoms with E-state index in [1.54, 1.807) is 6.07 Å². The van der Waals surface area contributed by atoms with Gasteiger partial charge in [-0.25, -0.2) is 4.39 Å². The number of nitrogens with zero attached hydrogens (tertiary/aromatic N) is 1. The zero-order valence-corrected chi connectivity index (χ0v) is 14.2. The number of halogens is 1. The van der Waals surface area contributed by atoms with Crippen LogP contribution in [0.5, 0.6) is 0 Å². The van der Waals surface area contributed by atoms with Crippen LogP contribution in [0.3, 0.4) is 0 Å². The van der Waals surface area contributed by atoms with Gasteiger partial charge in [-0.05, 0) is 42.2 Å². The SMILES string of the molecule is OC[C@@H](O)[C@H](c1cccc(F)c1)N1CC2(CCCC2)c2ccccc21. The summed E-state index contributed by atoms with van der Waals surface area (Å²) in [5.41, 5.74) is 3.26. The molecule has 132 valence electrons. The van der Waals surface area contributed by atoms with Crippen LogP contribution in [0.25, 0.3) is 0 Å². The molecule has 0 radical (unpaired) electrons. The number of rotatable bonds is 4. The molecular formula is C21H24FNO2. The normalized spacial score (nSPS) is 20.7. The number of hydrogen-bond acceptors (Lipinski definition) is 3. The summed E-state index contributed by atoms with van der Waals surface area (Å²) in [5.74, 6) is -0.323. The van der Waals surface area contributed by atoms with Crippen LogP contribution in [0, 0.1) is 5.82 Å². The van der Waals surface area contributed by atoms with Crippen LogP contribution in [-0.2, 0) is 5.41 Å². The summed E-state index contributed by atoms with van der Waals surface area (Å²) in [6, 6.07) is 14.3. The number of benzene rings is 2. The lowest BCUT2D eigenvalue weighted by atomic mass is 9.81. The van der Waals surface area contributed by atoms with Crippen molar-refractivity contribution in [3.8, 4) is 0 Å². The van der Waals surface area contributed by atoms with Crippen molar-refractivity contribution < 1.29 is 14.6 Å². The van der Waals surface area contributed by atoms with E-state index in [9.17, 15) is 14.6 Å². The fourth-order valence-corrected chi connectivity index (χ4v) is 4.80. The highest BCUT2D eigenvalue weighted by atomic mass is 19.1. The molecule has 1 saturated carbocycles. The standard InChI is InChI=1S/C21H24FNO2/c22-16-7-5-6-15(12-16)20(19(25)13-24)23-14-21(10-3-4-11-21)17-8-1-2-9-18(17)23/h1-2,5-9,12,19-20,24-25H,3-4,10-11,13-14H2/t19-,20+/m1/s1. The highest BCUT2D eigenvalue weighted by Crippen LogP contribution is 2.52. The fraction of sp³-hybridized carbons (Fsp3) is 0.429. The van der Waals surface area contributed by atoms with Crippen LogP contribution in [0.1, 0.15) is 42.9 Å². The van der Waals surface area contributed by atoms with Crippen molar-refractivity contribution in [3.63, 3.8) is 0 Å². The summed E-state index contributed by atoms with van der Waals surface area (Å²) < 4.78 is 13.8. The van der Waals surface area contributed by atoms with Gasteiger partial charge in [-0.1, -0.05) is 43.2 Å². The van der Waals surface area contributed by atoms with Crippen LogP contribution < -0.4 is 4.90 Å². The predicted octanol–water partition coefficient (Wildman–Crippen LogP) is 3.55. The van der Waals surface area contributed by atoms with Crippen LogP contribution in [0.15, 0.2) is 48.5 Å². The molecule has 4 heteroatoms. The van der Waals surface area contributed by atoms with Crippen molar-refractivity contribution >= 4 is 5.69 Å². The molecule has 1 spiro atoms. The molecule has 0 unspecified atom stereocenters. The Balaban J connectivity index is 1.80. The van der Waals surface area contributed by atoms with Crippen LogP contribution in [0.2, 0.25) is 0 Å². The van der Waals surface area contributed by atoms with Gasteiger partial charge in [-0.3, -0.25) is 0 Å². The third-order valence-electron chi connectivity index (χ3n) is 5.90. The maximum atomic E-state index is 13.8. The number of fused-ring (bicyclic) bond motifs is 2. The maximum absolute atomic E-state index is 13.8. The number of anilines is 1. The van der Waals surface area contributed by atoms with Crippen molar-refractivity contribution in [2.75, 3.05) is 18.1 Å². The number of hydrogen-bond donors (Lipinski definition) is 2. The van der Waals surface area contributed by atoms with E-state index >= 15 is 0 Å². The Morgan fingerprint density at radius 2 is 1.84 bits per heavy atom. The number of aliphatic hydroxyl groups is 2. The van der Waals surface area contributed by atoms with Gasteiger partial charge in [0, 0.05) is 17.6 Å². The van der Waals surface area contributed by atoms with E-state index in [1.807, 2.05) is 12.1 Å². The quantitative estimate of drug-likeness (QED) is 0.894. The van der Waals surface area contributed by atoms with Gasteiger partial charge in [0.15, 0.2) is 0 Å². The number of aliphatic hydroxyl groups excluding tert-OH is 2. The van der Waals surface area contributed by atoms with Gasteiger partial charge in [0.05, 0.1) is 12.6 Å². The Hall–Kier alpha value is -1.91. The summed E-state index contributed by atoms with van der Waals surface area (Å²) in [5, 5.41) is 20.2. The molecule has 1 heterocycles. The Bertz CT molecular complexity index is 757. The van der Waals surface area contributed by atoms with Crippen molar-refractivity contribution in [1.29, 1.82) is 0 Å². The summed E-state index contributed by atoms with van der Waals surface area (Å²) in [7, 11) is 0. The van der Waals surface area contributed by atoms with E-state index in [4.69, 9.17) is 0 Å². The van der Waals surface area contributed by atoms with Crippen LogP contribution in [-0.4, -0.2) is 29.5 Å². The van der Waals surface area contributed by atoms with Gasteiger partial charge < -0.3 is 15.1 Å². The summed E-state index contributed by atoms with van der Waals surface area (Å²) in [6.45, 7) is 0.456. The number of para-hydroxylation sites is 1. The highest BCUT2D eigenvalue weighted by Gasteiger charge is 2.47. The third kappa shape index (κ3) is 2.74. The lowest BCUT2D eigenvalue weighted by Gasteiger charge is -2.35. The molecule has 1 aliphatic heterocycles. The third-order valence-corrected chi connectivity index (χ3v) is 5.90. The predicted molar refractivity (Wildman–Crippen MR) is 96.2 cm³/mol. The first kappa shape index (κ1) is 16.6. The molecule has 2 aliphatic rings. The maximum Gasteiger partial charge on any atom is 0.123 e. The molecule has 2 N–H and O–H groups in total. The molecule has 0 saturated heterocycles. The molecular weight excluding hydrogens is 317 g/mol. The summed E-state index contributed by atoms with van der Waals surface area (Å²) >= 11 is 0. The lowest BCUT2D eigenvalue weighted by Crippen LogP contribution is -2.40. The molecule has 2 atom stereocenters. The minimum atomic E-state index is -0.966. The van der Waals surface area contributed by atoms with E-state index in [0.717, 1.165) is 25.1 Å². The minimum absolute atomic E-state index is 0.122. The summed E-state index contributed by atoms with van der Waals surface area (Å²) in [6.07, 6.45) is 3.76. The zero-order valence-electron chi connectivity index (χ0n) is 14.2. The van der Waals surface area contributed by atoms with Gasteiger partial charge >= 0.3 is 0 Å². The Morgan fingerprint density at radius 3 is 2.56 bits per heavy atom. The minimum Gasteiger partial charge on any atom is -0.394 e. The Labute approximate surface area is 147 Å².